The number of rotatable bonds is 2. The van der Waals surface area contributed by atoms with Gasteiger partial charge in [0.05, 0.1) is 0 Å². The van der Waals surface area contributed by atoms with Crippen molar-refractivity contribution >= 4 is 31.0 Å². The summed E-state index contributed by atoms with van der Waals surface area (Å²) in [6, 6.07) is 10.7. The normalized spacial score (nSPS) is 26.5. The fourth-order valence-electron chi connectivity index (χ4n) is 1.38. The summed E-state index contributed by atoms with van der Waals surface area (Å²) in [6.45, 7) is 0. The number of hydrogen-bond acceptors (Lipinski definition) is 0. The van der Waals surface area contributed by atoms with Crippen molar-refractivity contribution in [2.75, 3.05) is 0 Å². The molecule has 0 saturated heterocycles. The maximum absolute atomic E-state index is 6.00. The van der Waals surface area contributed by atoms with Crippen molar-refractivity contribution < 1.29 is 0 Å². The number of hydrogen-bond donors (Lipinski definition) is 0. The van der Waals surface area contributed by atoms with Gasteiger partial charge in [-0.15, -0.1) is 0 Å². The van der Waals surface area contributed by atoms with Crippen LogP contribution in [0.1, 0.15) is 6.42 Å². The van der Waals surface area contributed by atoms with Crippen LogP contribution in [0.5, 0.6) is 0 Å². The van der Waals surface area contributed by atoms with Crippen LogP contribution in [0.2, 0.25) is 4.82 Å². The second-order valence-electron chi connectivity index (χ2n) is 3.11. The summed E-state index contributed by atoms with van der Waals surface area (Å²) in [5.41, 5.74) is 0. The summed E-state index contributed by atoms with van der Waals surface area (Å²) in [6.07, 6.45) is 5.51. The molecule has 0 heterocycles. The Morgan fingerprint density at radius 2 is 1.92 bits per heavy atom. The van der Waals surface area contributed by atoms with Gasteiger partial charge in [0.25, 0.3) is 0 Å². The van der Waals surface area contributed by atoms with Crippen molar-refractivity contribution in [1.82, 2.24) is 0 Å². The number of alkyl halides is 1. The Morgan fingerprint density at radius 1 is 1.15 bits per heavy atom. The van der Waals surface area contributed by atoms with Gasteiger partial charge >= 0.3 is 90.1 Å². The number of halogens is 1. The minimum absolute atomic E-state index is 0.274. The van der Waals surface area contributed by atoms with Gasteiger partial charge in [0.15, 0.2) is 0 Å². The molecule has 13 heavy (non-hydrogen) atoms. The predicted molar refractivity (Wildman–Crippen MR) is 59.0 cm³/mol. The molecular formula is C11H11ClSe. The van der Waals surface area contributed by atoms with E-state index in [0.717, 1.165) is 6.42 Å². The summed E-state index contributed by atoms with van der Waals surface area (Å²) >= 11 is 6.55. The van der Waals surface area contributed by atoms with Gasteiger partial charge in [-0.3, -0.25) is 0 Å². The van der Waals surface area contributed by atoms with Crippen LogP contribution < -0.4 is 4.46 Å². The first-order valence-electron chi connectivity index (χ1n) is 4.39. The molecule has 0 amide bonds. The van der Waals surface area contributed by atoms with Gasteiger partial charge in [-0.2, -0.15) is 0 Å². The molecule has 0 saturated carbocycles. The summed E-state index contributed by atoms with van der Waals surface area (Å²) in [7, 11) is 0. The molecule has 1 aromatic carbocycles. The van der Waals surface area contributed by atoms with E-state index in [1.807, 2.05) is 0 Å². The summed E-state index contributed by atoms with van der Waals surface area (Å²) in [5, 5.41) is 0.274. The molecule has 0 fully saturated rings. The van der Waals surface area contributed by atoms with Gasteiger partial charge in [0, 0.05) is 0 Å². The Hall–Kier alpha value is -0.231. The van der Waals surface area contributed by atoms with Crippen molar-refractivity contribution in [1.29, 1.82) is 0 Å². The van der Waals surface area contributed by atoms with Crippen LogP contribution in [-0.4, -0.2) is 20.3 Å². The van der Waals surface area contributed by atoms with Gasteiger partial charge in [0.1, 0.15) is 0 Å². The number of allylic oxidation sites excluding steroid dienone is 2. The van der Waals surface area contributed by atoms with E-state index >= 15 is 0 Å². The molecular weight excluding hydrogens is 247 g/mol. The first kappa shape index (κ1) is 9.33. The van der Waals surface area contributed by atoms with Crippen LogP contribution in [0.25, 0.3) is 0 Å². The Morgan fingerprint density at radius 3 is 2.54 bits per heavy atom. The third kappa shape index (κ3) is 2.60. The zero-order valence-corrected chi connectivity index (χ0v) is 9.66. The fourth-order valence-corrected chi connectivity index (χ4v) is 4.29. The third-order valence-corrected chi connectivity index (χ3v) is 4.86. The molecule has 68 valence electrons. The summed E-state index contributed by atoms with van der Waals surface area (Å²) < 4.78 is 1.47. The zero-order chi connectivity index (χ0) is 9.10. The van der Waals surface area contributed by atoms with Gasteiger partial charge < -0.3 is 0 Å². The number of benzene rings is 1. The monoisotopic (exact) mass is 258 g/mol. The fraction of sp³-hybridized carbons (Fsp3) is 0.273. The Labute approximate surface area is 90.1 Å². The summed E-state index contributed by atoms with van der Waals surface area (Å²) in [4.78, 5) is 0.706. The van der Waals surface area contributed by atoms with E-state index < -0.39 is 0 Å². The van der Waals surface area contributed by atoms with Gasteiger partial charge in [-0.05, 0) is 0 Å². The molecule has 1 aliphatic carbocycles. The third-order valence-electron chi connectivity index (χ3n) is 2.02. The molecule has 2 atom stereocenters. The van der Waals surface area contributed by atoms with E-state index in [1.165, 1.54) is 4.46 Å². The van der Waals surface area contributed by atoms with E-state index in [9.17, 15) is 0 Å². The van der Waals surface area contributed by atoms with Crippen molar-refractivity contribution in [3.05, 3.63) is 42.5 Å². The first-order valence-corrected chi connectivity index (χ1v) is 6.67. The van der Waals surface area contributed by atoms with Crippen LogP contribution in [0.4, 0.5) is 0 Å². The molecule has 0 aliphatic heterocycles. The van der Waals surface area contributed by atoms with Crippen molar-refractivity contribution in [2.45, 2.75) is 16.6 Å². The first-order chi connectivity index (χ1) is 6.34. The molecule has 0 spiro atoms. The quantitative estimate of drug-likeness (QED) is 0.434. The predicted octanol–water partition coefficient (Wildman–Crippen LogP) is 2.37. The molecule has 0 N–H and O–H groups in total. The second-order valence-corrected chi connectivity index (χ2v) is 6.42. The Kier molecular flexibility index (Phi) is 3.10. The van der Waals surface area contributed by atoms with E-state index in [-0.39, 0.29) is 5.38 Å². The summed E-state index contributed by atoms with van der Waals surface area (Å²) in [5.74, 6) is 0. The molecule has 1 aromatic rings. The molecule has 0 unspecified atom stereocenters. The van der Waals surface area contributed by atoms with E-state index in [1.54, 1.807) is 0 Å². The van der Waals surface area contributed by atoms with E-state index in [2.05, 4.69) is 42.5 Å². The average Bonchev–Trinajstić information content (AvgIpc) is 2.53. The molecule has 0 radical (unpaired) electrons. The van der Waals surface area contributed by atoms with Crippen molar-refractivity contribution in [3.63, 3.8) is 0 Å². The molecule has 0 aromatic heterocycles. The van der Waals surface area contributed by atoms with Crippen LogP contribution in [0, 0.1) is 0 Å². The topological polar surface area (TPSA) is 0 Å². The molecule has 0 bridgehead atoms. The maximum atomic E-state index is 6.00. The van der Waals surface area contributed by atoms with E-state index in [4.69, 9.17) is 11.6 Å². The van der Waals surface area contributed by atoms with E-state index in [0.29, 0.717) is 19.8 Å². The molecule has 0 nitrogen and oxygen atoms in total. The zero-order valence-electron chi connectivity index (χ0n) is 7.19. The molecule has 1 aliphatic rings. The Balaban J connectivity index is 1.96. The molecule has 2 heteroatoms. The second kappa shape index (κ2) is 4.32. The molecule has 2 rings (SSSR count). The minimum atomic E-state index is 0.274. The average molecular weight is 258 g/mol. The van der Waals surface area contributed by atoms with Crippen LogP contribution in [0.15, 0.2) is 42.5 Å². The van der Waals surface area contributed by atoms with Gasteiger partial charge in [-0.25, -0.2) is 0 Å². The van der Waals surface area contributed by atoms with Crippen molar-refractivity contribution in [3.8, 4) is 0 Å². The van der Waals surface area contributed by atoms with Gasteiger partial charge in [0.2, 0.25) is 0 Å². The van der Waals surface area contributed by atoms with Gasteiger partial charge in [-0.1, -0.05) is 0 Å². The van der Waals surface area contributed by atoms with Crippen LogP contribution >= 0.6 is 11.6 Å². The standard InChI is InChI=1S/C11H11ClSe/c12-9-6-7-11(8-9)13-10-4-2-1-3-5-10/h1-7,9,11H,8H2/t9-,11+/m0/s1. The van der Waals surface area contributed by atoms with Crippen LogP contribution in [0.3, 0.4) is 0 Å². The Bertz CT molecular complexity index is 294. The van der Waals surface area contributed by atoms with Crippen LogP contribution in [-0.2, 0) is 0 Å². The SMILES string of the molecule is Cl[C@H]1C=C[C@@H]([Se]c2ccccc2)C1. The van der Waals surface area contributed by atoms with Crippen molar-refractivity contribution in [2.24, 2.45) is 0 Å².